The molecule has 0 aliphatic rings. The van der Waals surface area contributed by atoms with E-state index >= 15 is 0 Å². The molecule has 16 heavy (non-hydrogen) atoms. The Morgan fingerprint density at radius 1 is 1.44 bits per heavy atom. The molecule has 1 N–H and O–H groups in total. The zero-order valence-electron chi connectivity index (χ0n) is 10.4. The van der Waals surface area contributed by atoms with Crippen LogP contribution in [0.25, 0.3) is 0 Å². The Morgan fingerprint density at radius 3 is 2.75 bits per heavy atom. The van der Waals surface area contributed by atoms with Crippen LogP contribution in [0.4, 0.5) is 5.69 Å². The molecule has 0 aliphatic heterocycles. The molecule has 0 saturated heterocycles. The molecule has 1 heterocycles. The maximum atomic E-state index is 4.30. The fraction of sp³-hybridized carbons (Fsp3) is 0.615. The summed E-state index contributed by atoms with van der Waals surface area (Å²) in [7, 11) is 0. The van der Waals surface area contributed by atoms with Crippen LogP contribution in [0.3, 0.4) is 0 Å². The predicted molar refractivity (Wildman–Crippen MR) is 73.9 cm³/mol. The highest BCUT2D eigenvalue weighted by Gasteiger charge is 2.06. The average Bonchev–Trinajstić information content (AvgIpc) is 2.29. The zero-order valence-corrected chi connectivity index (χ0v) is 12.0. The third kappa shape index (κ3) is 4.12. The minimum absolute atomic E-state index is 0.572. The molecule has 0 aromatic carbocycles. The standard InChI is InChI=1S/C13H21BrN2/c1-4-6-7-11(5-2)16-12-8-10(3)13(14)15-9-12/h8-9,11,16H,4-7H2,1-3H3. The van der Waals surface area contributed by atoms with E-state index in [4.69, 9.17) is 0 Å². The zero-order chi connectivity index (χ0) is 12.0. The highest BCUT2D eigenvalue weighted by molar-refractivity contribution is 9.10. The van der Waals surface area contributed by atoms with Crippen molar-refractivity contribution >= 4 is 21.6 Å². The molecule has 1 rings (SSSR count). The molecular formula is C13H21BrN2. The topological polar surface area (TPSA) is 24.9 Å². The molecule has 1 aromatic heterocycles. The number of hydrogen-bond donors (Lipinski definition) is 1. The predicted octanol–water partition coefficient (Wildman–Crippen LogP) is 4.53. The van der Waals surface area contributed by atoms with Crippen molar-refractivity contribution in [3.05, 3.63) is 22.4 Å². The average molecular weight is 285 g/mol. The summed E-state index contributed by atoms with van der Waals surface area (Å²) < 4.78 is 0.930. The van der Waals surface area contributed by atoms with Crippen LogP contribution in [0, 0.1) is 6.92 Å². The summed E-state index contributed by atoms with van der Waals surface area (Å²) in [5.41, 5.74) is 2.30. The molecule has 0 saturated carbocycles. The summed E-state index contributed by atoms with van der Waals surface area (Å²) in [4.78, 5) is 4.30. The Bertz CT molecular complexity index is 326. The van der Waals surface area contributed by atoms with E-state index < -0.39 is 0 Å². The second-order valence-electron chi connectivity index (χ2n) is 4.22. The van der Waals surface area contributed by atoms with Gasteiger partial charge in [-0.05, 0) is 47.3 Å². The van der Waals surface area contributed by atoms with Crippen LogP contribution in [0.15, 0.2) is 16.9 Å². The normalized spacial score (nSPS) is 12.5. The molecule has 2 nitrogen and oxygen atoms in total. The third-order valence-corrected chi connectivity index (χ3v) is 3.61. The third-order valence-electron chi connectivity index (χ3n) is 2.78. The lowest BCUT2D eigenvalue weighted by atomic mass is 10.1. The fourth-order valence-electron chi connectivity index (χ4n) is 1.70. The molecule has 0 spiro atoms. The van der Waals surface area contributed by atoms with Crippen molar-refractivity contribution in [1.29, 1.82) is 0 Å². The minimum atomic E-state index is 0.572. The summed E-state index contributed by atoms with van der Waals surface area (Å²) in [5.74, 6) is 0. The molecule has 0 aliphatic carbocycles. The highest BCUT2D eigenvalue weighted by atomic mass is 79.9. The van der Waals surface area contributed by atoms with Gasteiger partial charge in [-0.3, -0.25) is 0 Å². The fourth-order valence-corrected chi connectivity index (χ4v) is 1.92. The quantitative estimate of drug-likeness (QED) is 0.776. The Morgan fingerprint density at radius 2 is 2.19 bits per heavy atom. The number of aromatic nitrogens is 1. The van der Waals surface area contributed by atoms with Gasteiger partial charge in [0.25, 0.3) is 0 Å². The number of rotatable bonds is 6. The van der Waals surface area contributed by atoms with Crippen molar-refractivity contribution in [2.24, 2.45) is 0 Å². The molecule has 1 atom stereocenters. The van der Waals surface area contributed by atoms with Crippen LogP contribution in [0.5, 0.6) is 0 Å². The van der Waals surface area contributed by atoms with Crippen molar-refractivity contribution in [2.75, 3.05) is 5.32 Å². The SMILES string of the molecule is CCCCC(CC)Nc1cnc(Br)c(C)c1. The Balaban J connectivity index is 2.59. The first kappa shape index (κ1) is 13.5. The molecule has 0 bridgehead atoms. The van der Waals surface area contributed by atoms with Crippen LogP contribution in [-0.2, 0) is 0 Å². The number of aryl methyl sites for hydroxylation is 1. The highest BCUT2D eigenvalue weighted by Crippen LogP contribution is 2.19. The van der Waals surface area contributed by atoms with Crippen LogP contribution < -0.4 is 5.32 Å². The Hall–Kier alpha value is -0.570. The van der Waals surface area contributed by atoms with Crippen molar-refractivity contribution in [3.63, 3.8) is 0 Å². The van der Waals surface area contributed by atoms with E-state index in [-0.39, 0.29) is 0 Å². The van der Waals surface area contributed by atoms with Crippen molar-refractivity contribution < 1.29 is 0 Å². The molecule has 1 unspecified atom stereocenters. The summed E-state index contributed by atoms with van der Waals surface area (Å²) >= 11 is 3.42. The lowest BCUT2D eigenvalue weighted by Gasteiger charge is -2.18. The number of anilines is 1. The van der Waals surface area contributed by atoms with Crippen molar-refractivity contribution in [3.8, 4) is 0 Å². The van der Waals surface area contributed by atoms with Gasteiger partial charge >= 0.3 is 0 Å². The van der Waals surface area contributed by atoms with Gasteiger partial charge in [0.1, 0.15) is 4.60 Å². The number of hydrogen-bond acceptors (Lipinski definition) is 2. The number of pyridine rings is 1. The van der Waals surface area contributed by atoms with E-state index in [2.05, 4.69) is 53.1 Å². The van der Waals surface area contributed by atoms with Crippen molar-refractivity contribution in [1.82, 2.24) is 4.98 Å². The van der Waals surface area contributed by atoms with Gasteiger partial charge < -0.3 is 5.32 Å². The van der Waals surface area contributed by atoms with Crippen LogP contribution in [-0.4, -0.2) is 11.0 Å². The number of unbranched alkanes of at least 4 members (excludes halogenated alkanes) is 1. The van der Waals surface area contributed by atoms with Gasteiger partial charge in [0.15, 0.2) is 0 Å². The molecule has 0 radical (unpaired) electrons. The summed E-state index contributed by atoms with van der Waals surface area (Å²) in [6.45, 7) is 6.53. The van der Waals surface area contributed by atoms with Gasteiger partial charge in [-0.2, -0.15) is 0 Å². The van der Waals surface area contributed by atoms with E-state index in [1.165, 1.54) is 24.8 Å². The van der Waals surface area contributed by atoms with Gasteiger partial charge in [-0.25, -0.2) is 4.98 Å². The van der Waals surface area contributed by atoms with Crippen LogP contribution in [0.1, 0.15) is 45.1 Å². The van der Waals surface area contributed by atoms with Gasteiger partial charge in [0.05, 0.1) is 11.9 Å². The van der Waals surface area contributed by atoms with E-state index in [9.17, 15) is 0 Å². The van der Waals surface area contributed by atoms with Crippen LogP contribution in [0.2, 0.25) is 0 Å². The van der Waals surface area contributed by atoms with Crippen LogP contribution >= 0.6 is 15.9 Å². The van der Waals surface area contributed by atoms with Gasteiger partial charge in [0.2, 0.25) is 0 Å². The monoisotopic (exact) mass is 284 g/mol. The minimum Gasteiger partial charge on any atom is -0.381 e. The van der Waals surface area contributed by atoms with Gasteiger partial charge in [0, 0.05) is 6.04 Å². The maximum absolute atomic E-state index is 4.30. The van der Waals surface area contributed by atoms with E-state index in [0.29, 0.717) is 6.04 Å². The summed E-state index contributed by atoms with van der Waals surface area (Å²) in [5, 5.41) is 3.55. The first-order valence-corrected chi connectivity index (χ1v) is 6.85. The second kappa shape index (κ2) is 6.89. The molecule has 90 valence electrons. The summed E-state index contributed by atoms with van der Waals surface area (Å²) in [6.07, 6.45) is 6.84. The van der Waals surface area contributed by atoms with Gasteiger partial charge in [-0.15, -0.1) is 0 Å². The van der Waals surface area contributed by atoms with E-state index in [1.54, 1.807) is 0 Å². The van der Waals surface area contributed by atoms with Gasteiger partial charge in [-0.1, -0.05) is 26.7 Å². The Labute approximate surface area is 107 Å². The van der Waals surface area contributed by atoms with E-state index in [0.717, 1.165) is 16.7 Å². The molecule has 0 amide bonds. The lowest BCUT2D eigenvalue weighted by molar-refractivity contribution is 0.593. The number of halogens is 1. The first-order valence-electron chi connectivity index (χ1n) is 6.06. The number of nitrogens with zero attached hydrogens (tertiary/aromatic N) is 1. The number of nitrogens with one attached hydrogen (secondary N) is 1. The smallest absolute Gasteiger partial charge is 0.109 e. The van der Waals surface area contributed by atoms with E-state index in [1.807, 2.05) is 6.20 Å². The lowest BCUT2D eigenvalue weighted by Crippen LogP contribution is -2.18. The molecule has 3 heteroatoms. The Kier molecular flexibility index (Phi) is 5.81. The largest absolute Gasteiger partial charge is 0.381 e. The maximum Gasteiger partial charge on any atom is 0.109 e. The first-order chi connectivity index (χ1) is 7.67. The molecule has 0 fully saturated rings. The second-order valence-corrected chi connectivity index (χ2v) is 4.97. The molecular weight excluding hydrogens is 264 g/mol. The molecule has 1 aromatic rings. The van der Waals surface area contributed by atoms with Crippen molar-refractivity contribution in [2.45, 2.75) is 52.5 Å². The summed E-state index contributed by atoms with van der Waals surface area (Å²) in [6, 6.07) is 2.72.